The van der Waals surface area contributed by atoms with Crippen molar-refractivity contribution < 1.29 is 9.13 Å². The summed E-state index contributed by atoms with van der Waals surface area (Å²) in [4.78, 5) is 8.90. The first kappa shape index (κ1) is 13.4. The summed E-state index contributed by atoms with van der Waals surface area (Å²) in [7, 11) is 0. The number of alkyl halides is 1. The molecular weight excluding hydrogens is 281 g/mol. The molecule has 2 aliphatic rings. The van der Waals surface area contributed by atoms with Crippen molar-refractivity contribution in [2.45, 2.75) is 18.8 Å². The van der Waals surface area contributed by atoms with Crippen LogP contribution in [-0.4, -0.2) is 36.1 Å². The molecule has 0 amide bonds. The van der Waals surface area contributed by atoms with Gasteiger partial charge in [0.15, 0.2) is 0 Å². The molecule has 0 unspecified atom stereocenters. The Labute approximate surface area is 128 Å². The van der Waals surface area contributed by atoms with Crippen molar-refractivity contribution in [3.05, 3.63) is 59.3 Å². The topological polar surface area (TPSA) is 46.5 Å². The summed E-state index contributed by atoms with van der Waals surface area (Å²) in [6.07, 6.45) is 0.736. The van der Waals surface area contributed by atoms with Crippen LogP contribution in [0.1, 0.15) is 16.7 Å². The van der Waals surface area contributed by atoms with E-state index < -0.39 is 6.17 Å². The molecule has 2 aromatic rings. The van der Waals surface area contributed by atoms with Gasteiger partial charge in [-0.2, -0.15) is 0 Å². The second-order valence-corrected chi connectivity index (χ2v) is 5.56. The molecule has 0 spiro atoms. The van der Waals surface area contributed by atoms with Crippen LogP contribution in [0.25, 0.3) is 0 Å². The predicted octanol–water partition coefficient (Wildman–Crippen LogP) is 2.58. The van der Waals surface area contributed by atoms with Crippen LogP contribution in [0.3, 0.4) is 0 Å². The van der Waals surface area contributed by atoms with E-state index in [1.165, 1.54) is 5.56 Å². The number of nitrogens with one attached hydrogen (secondary N) is 1. The fourth-order valence-corrected chi connectivity index (χ4v) is 2.89. The van der Waals surface area contributed by atoms with E-state index in [4.69, 9.17) is 4.74 Å². The van der Waals surface area contributed by atoms with E-state index in [1.807, 2.05) is 24.3 Å². The lowest BCUT2D eigenvalue weighted by atomic mass is 10.0. The molecule has 2 aliphatic heterocycles. The highest BCUT2D eigenvalue weighted by molar-refractivity contribution is 6.15. The lowest BCUT2D eigenvalue weighted by molar-refractivity contribution is 0.173. The number of aliphatic imine (C=N–C) groups is 1. The lowest BCUT2D eigenvalue weighted by Gasteiger charge is -2.14. The molecule has 0 aliphatic carbocycles. The van der Waals surface area contributed by atoms with Crippen molar-refractivity contribution in [2.75, 3.05) is 18.5 Å². The Morgan fingerprint density at radius 3 is 2.95 bits per heavy atom. The van der Waals surface area contributed by atoms with Crippen LogP contribution < -0.4 is 5.32 Å². The van der Waals surface area contributed by atoms with Gasteiger partial charge in [0.05, 0.1) is 31.5 Å². The second kappa shape index (κ2) is 5.50. The van der Waals surface area contributed by atoms with E-state index in [9.17, 15) is 4.39 Å². The highest BCUT2D eigenvalue weighted by Crippen LogP contribution is 2.24. The van der Waals surface area contributed by atoms with Gasteiger partial charge in [-0.1, -0.05) is 24.3 Å². The Hall–Kier alpha value is -2.27. The first-order valence-electron chi connectivity index (χ1n) is 7.39. The molecule has 1 fully saturated rings. The molecule has 4 rings (SSSR count). The zero-order valence-corrected chi connectivity index (χ0v) is 12.0. The summed E-state index contributed by atoms with van der Waals surface area (Å²) in [6, 6.07) is 11.7. The smallest absolute Gasteiger partial charge is 0.146 e. The van der Waals surface area contributed by atoms with Gasteiger partial charge in [0.2, 0.25) is 0 Å². The molecule has 3 heterocycles. The van der Waals surface area contributed by atoms with E-state index in [-0.39, 0.29) is 12.6 Å². The summed E-state index contributed by atoms with van der Waals surface area (Å²) in [6.45, 7) is 1.23. The van der Waals surface area contributed by atoms with Crippen molar-refractivity contribution in [3.63, 3.8) is 0 Å². The van der Waals surface area contributed by atoms with Crippen molar-refractivity contribution in [2.24, 2.45) is 4.99 Å². The Morgan fingerprint density at radius 2 is 2.09 bits per heavy atom. The largest absolute Gasteiger partial charge is 0.376 e. The van der Waals surface area contributed by atoms with Crippen molar-refractivity contribution in [1.29, 1.82) is 0 Å². The summed E-state index contributed by atoms with van der Waals surface area (Å²) in [5.74, 6) is 0.655. The maximum atomic E-state index is 13.6. The number of fused-ring (bicyclic) bond motifs is 1. The van der Waals surface area contributed by atoms with Gasteiger partial charge in [-0.25, -0.2) is 9.37 Å². The van der Waals surface area contributed by atoms with Gasteiger partial charge in [-0.15, -0.1) is 0 Å². The SMILES string of the molecule is F[C@H]1COC[C@@H]1Nc1cc(C2=NCc3ccccc32)ccn1. The van der Waals surface area contributed by atoms with Crippen molar-refractivity contribution >= 4 is 11.5 Å². The van der Waals surface area contributed by atoms with Crippen molar-refractivity contribution in [3.8, 4) is 0 Å². The highest BCUT2D eigenvalue weighted by atomic mass is 19.1. The molecule has 1 aromatic carbocycles. The Morgan fingerprint density at radius 1 is 1.18 bits per heavy atom. The molecule has 1 N–H and O–H groups in total. The molecule has 1 saturated heterocycles. The molecule has 0 radical (unpaired) electrons. The van der Waals surface area contributed by atoms with Crippen LogP contribution in [-0.2, 0) is 11.3 Å². The first-order chi connectivity index (χ1) is 10.8. The van der Waals surface area contributed by atoms with E-state index in [0.717, 1.165) is 16.8 Å². The molecule has 5 heteroatoms. The lowest BCUT2D eigenvalue weighted by Crippen LogP contribution is -2.29. The number of aromatic nitrogens is 1. The molecule has 112 valence electrons. The highest BCUT2D eigenvalue weighted by Gasteiger charge is 2.28. The maximum absolute atomic E-state index is 13.6. The van der Waals surface area contributed by atoms with Gasteiger partial charge in [0, 0.05) is 17.3 Å². The molecule has 1 aromatic heterocycles. The van der Waals surface area contributed by atoms with E-state index in [1.54, 1.807) is 6.20 Å². The Kier molecular flexibility index (Phi) is 3.35. The number of hydrogen-bond acceptors (Lipinski definition) is 4. The fraction of sp³-hybridized carbons (Fsp3) is 0.294. The monoisotopic (exact) mass is 297 g/mol. The van der Waals surface area contributed by atoms with Gasteiger partial charge in [-0.05, 0) is 17.7 Å². The summed E-state index contributed by atoms with van der Waals surface area (Å²) < 4.78 is 18.8. The van der Waals surface area contributed by atoms with Gasteiger partial charge >= 0.3 is 0 Å². The number of hydrogen-bond donors (Lipinski definition) is 1. The zero-order valence-electron chi connectivity index (χ0n) is 12.0. The number of benzene rings is 1. The zero-order chi connectivity index (χ0) is 14.9. The van der Waals surface area contributed by atoms with Crippen LogP contribution in [0.5, 0.6) is 0 Å². The second-order valence-electron chi connectivity index (χ2n) is 5.56. The summed E-state index contributed by atoms with van der Waals surface area (Å²) in [5.41, 5.74) is 4.36. The van der Waals surface area contributed by atoms with Gasteiger partial charge < -0.3 is 10.1 Å². The Bertz CT molecular complexity index is 731. The van der Waals surface area contributed by atoms with Crippen LogP contribution >= 0.6 is 0 Å². The van der Waals surface area contributed by atoms with Crippen LogP contribution in [0.4, 0.5) is 10.2 Å². The number of halogens is 1. The van der Waals surface area contributed by atoms with Crippen LogP contribution in [0.2, 0.25) is 0 Å². The minimum atomic E-state index is -0.991. The molecule has 22 heavy (non-hydrogen) atoms. The molecular formula is C17H16FN3O. The number of pyridine rings is 1. The average molecular weight is 297 g/mol. The molecule has 4 nitrogen and oxygen atoms in total. The minimum Gasteiger partial charge on any atom is -0.376 e. The molecule has 0 bridgehead atoms. The van der Waals surface area contributed by atoms with Gasteiger partial charge in [0.1, 0.15) is 12.0 Å². The molecule has 0 saturated carbocycles. The van der Waals surface area contributed by atoms with E-state index in [2.05, 4.69) is 27.4 Å². The third-order valence-corrected chi connectivity index (χ3v) is 4.06. The summed E-state index contributed by atoms with van der Waals surface area (Å²) in [5, 5.41) is 3.11. The van der Waals surface area contributed by atoms with Gasteiger partial charge in [0.25, 0.3) is 0 Å². The maximum Gasteiger partial charge on any atom is 0.146 e. The third-order valence-electron chi connectivity index (χ3n) is 4.06. The fourth-order valence-electron chi connectivity index (χ4n) is 2.89. The van der Waals surface area contributed by atoms with Crippen LogP contribution in [0, 0.1) is 0 Å². The van der Waals surface area contributed by atoms with E-state index >= 15 is 0 Å². The Balaban J connectivity index is 1.60. The minimum absolute atomic E-state index is 0.150. The number of ether oxygens (including phenoxy) is 1. The van der Waals surface area contributed by atoms with E-state index in [0.29, 0.717) is 19.0 Å². The number of nitrogens with zero attached hydrogens (tertiary/aromatic N) is 2. The molecule has 2 atom stereocenters. The summed E-state index contributed by atoms with van der Waals surface area (Å²) >= 11 is 0. The normalized spacial score (nSPS) is 23.2. The van der Waals surface area contributed by atoms with Crippen molar-refractivity contribution in [1.82, 2.24) is 4.98 Å². The van der Waals surface area contributed by atoms with Crippen LogP contribution in [0.15, 0.2) is 47.6 Å². The average Bonchev–Trinajstić information content (AvgIpc) is 3.14. The standard InChI is InChI=1S/C17H16FN3O/c18-14-9-22-10-15(14)21-16-7-11(5-6-19-16)17-13-4-2-1-3-12(13)8-20-17/h1-7,14-15H,8-10H2,(H,19,21)/t14-,15-/m0/s1. The van der Waals surface area contributed by atoms with Gasteiger partial charge in [-0.3, -0.25) is 4.99 Å². The predicted molar refractivity (Wildman–Crippen MR) is 83.1 cm³/mol. The third kappa shape index (κ3) is 2.37. The quantitative estimate of drug-likeness (QED) is 0.947. The number of anilines is 1. The number of rotatable bonds is 3. The first-order valence-corrected chi connectivity index (χ1v) is 7.39.